The number of urea groups is 1. The molecule has 2 amide bonds. The molecule has 0 saturated heterocycles. The van der Waals surface area contributed by atoms with Crippen molar-refractivity contribution in [2.24, 2.45) is 0 Å². The maximum atomic E-state index is 11.5. The van der Waals surface area contributed by atoms with Gasteiger partial charge in [-0.2, -0.15) is 0 Å². The van der Waals surface area contributed by atoms with E-state index in [1.54, 1.807) is 0 Å². The predicted molar refractivity (Wildman–Crippen MR) is 65.6 cm³/mol. The number of benzene rings is 1. The van der Waals surface area contributed by atoms with Crippen molar-refractivity contribution in [1.29, 1.82) is 0 Å². The minimum atomic E-state index is -0.240. The fourth-order valence-electron chi connectivity index (χ4n) is 1.07. The zero-order valence-corrected chi connectivity index (χ0v) is 10.1. The SMILES string of the molecule is CC(C)(C)NC(=O)Nc1ccccc1S. The Morgan fingerprint density at radius 2 is 1.87 bits per heavy atom. The Morgan fingerprint density at radius 3 is 2.40 bits per heavy atom. The van der Waals surface area contributed by atoms with Crippen molar-refractivity contribution in [3.8, 4) is 0 Å². The van der Waals surface area contributed by atoms with Gasteiger partial charge >= 0.3 is 6.03 Å². The summed E-state index contributed by atoms with van der Waals surface area (Å²) >= 11 is 4.24. The molecule has 0 heterocycles. The lowest BCUT2D eigenvalue weighted by atomic mass is 10.1. The molecule has 1 aromatic carbocycles. The lowest BCUT2D eigenvalue weighted by Gasteiger charge is -2.21. The second kappa shape index (κ2) is 4.57. The van der Waals surface area contributed by atoms with Gasteiger partial charge in [-0.15, -0.1) is 12.6 Å². The van der Waals surface area contributed by atoms with Crippen molar-refractivity contribution in [1.82, 2.24) is 5.32 Å². The molecule has 1 aromatic rings. The highest BCUT2D eigenvalue weighted by Crippen LogP contribution is 2.18. The van der Waals surface area contributed by atoms with Crippen LogP contribution in [0, 0.1) is 0 Å². The fraction of sp³-hybridized carbons (Fsp3) is 0.364. The van der Waals surface area contributed by atoms with Crippen LogP contribution in [0.15, 0.2) is 29.2 Å². The Morgan fingerprint density at radius 1 is 1.27 bits per heavy atom. The van der Waals surface area contributed by atoms with Gasteiger partial charge in [-0.25, -0.2) is 4.79 Å². The first-order valence-corrected chi connectivity index (χ1v) is 5.20. The molecule has 0 radical (unpaired) electrons. The van der Waals surface area contributed by atoms with E-state index >= 15 is 0 Å². The molecule has 0 aliphatic rings. The maximum absolute atomic E-state index is 11.5. The van der Waals surface area contributed by atoms with Gasteiger partial charge in [0.2, 0.25) is 0 Å². The monoisotopic (exact) mass is 224 g/mol. The molecule has 15 heavy (non-hydrogen) atoms. The van der Waals surface area contributed by atoms with Gasteiger partial charge in [-0.3, -0.25) is 0 Å². The topological polar surface area (TPSA) is 41.1 Å². The van der Waals surface area contributed by atoms with Crippen LogP contribution in [0.25, 0.3) is 0 Å². The van der Waals surface area contributed by atoms with E-state index < -0.39 is 0 Å². The van der Waals surface area contributed by atoms with Crippen LogP contribution < -0.4 is 10.6 Å². The van der Waals surface area contributed by atoms with Gasteiger partial charge in [-0.1, -0.05) is 12.1 Å². The fourth-order valence-corrected chi connectivity index (χ4v) is 1.29. The van der Waals surface area contributed by atoms with Gasteiger partial charge in [0.05, 0.1) is 5.69 Å². The van der Waals surface area contributed by atoms with Crippen molar-refractivity contribution in [2.75, 3.05) is 5.32 Å². The third-order valence-electron chi connectivity index (χ3n) is 1.64. The molecule has 0 atom stereocenters. The van der Waals surface area contributed by atoms with Crippen molar-refractivity contribution >= 4 is 24.3 Å². The molecule has 2 N–H and O–H groups in total. The molecule has 0 spiro atoms. The van der Waals surface area contributed by atoms with Gasteiger partial charge in [0.25, 0.3) is 0 Å². The molecular weight excluding hydrogens is 208 g/mol. The number of anilines is 1. The van der Waals surface area contributed by atoms with Crippen molar-refractivity contribution in [3.05, 3.63) is 24.3 Å². The second-order valence-electron chi connectivity index (χ2n) is 4.35. The van der Waals surface area contributed by atoms with Crippen molar-refractivity contribution in [2.45, 2.75) is 31.2 Å². The molecule has 0 saturated carbocycles. The van der Waals surface area contributed by atoms with Crippen LogP contribution >= 0.6 is 12.6 Å². The minimum Gasteiger partial charge on any atom is -0.333 e. The molecule has 0 unspecified atom stereocenters. The highest BCUT2D eigenvalue weighted by Gasteiger charge is 2.13. The highest BCUT2D eigenvalue weighted by molar-refractivity contribution is 7.80. The number of rotatable bonds is 1. The van der Waals surface area contributed by atoms with Crippen LogP contribution in [0.5, 0.6) is 0 Å². The summed E-state index contributed by atoms with van der Waals surface area (Å²) < 4.78 is 0. The molecular formula is C11H16N2OS. The summed E-state index contributed by atoms with van der Waals surface area (Å²) in [5, 5.41) is 5.55. The Bertz CT molecular complexity index is 358. The third kappa shape index (κ3) is 4.25. The quantitative estimate of drug-likeness (QED) is 0.631. The van der Waals surface area contributed by atoms with Gasteiger partial charge < -0.3 is 10.6 Å². The number of amides is 2. The van der Waals surface area contributed by atoms with E-state index in [1.807, 2.05) is 45.0 Å². The van der Waals surface area contributed by atoms with E-state index in [0.29, 0.717) is 5.69 Å². The lowest BCUT2D eigenvalue weighted by molar-refractivity contribution is 0.244. The van der Waals surface area contributed by atoms with E-state index in [0.717, 1.165) is 4.90 Å². The molecule has 0 fully saturated rings. The Labute approximate surface area is 95.7 Å². The number of carbonyl (C=O) groups excluding carboxylic acids is 1. The van der Waals surface area contributed by atoms with Gasteiger partial charge in [0.15, 0.2) is 0 Å². The average molecular weight is 224 g/mol. The summed E-state index contributed by atoms with van der Waals surface area (Å²) in [6.45, 7) is 5.79. The molecule has 0 aliphatic carbocycles. The van der Waals surface area contributed by atoms with Crippen LogP contribution in [0.4, 0.5) is 10.5 Å². The highest BCUT2D eigenvalue weighted by atomic mass is 32.1. The van der Waals surface area contributed by atoms with Gasteiger partial charge in [-0.05, 0) is 32.9 Å². The first kappa shape index (κ1) is 11.9. The maximum Gasteiger partial charge on any atom is 0.319 e. The average Bonchev–Trinajstić information content (AvgIpc) is 2.05. The van der Waals surface area contributed by atoms with E-state index in [1.165, 1.54) is 0 Å². The van der Waals surface area contributed by atoms with Crippen LogP contribution in [0.1, 0.15) is 20.8 Å². The minimum absolute atomic E-state index is 0.219. The first-order chi connectivity index (χ1) is 6.88. The molecule has 0 aromatic heterocycles. The first-order valence-electron chi connectivity index (χ1n) is 4.76. The van der Waals surface area contributed by atoms with Crippen LogP contribution in [-0.4, -0.2) is 11.6 Å². The largest absolute Gasteiger partial charge is 0.333 e. The number of para-hydroxylation sites is 1. The number of thiol groups is 1. The lowest BCUT2D eigenvalue weighted by Crippen LogP contribution is -2.43. The van der Waals surface area contributed by atoms with Crippen molar-refractivity contribution in [3.63, 3.8) is 0 Å². The zero-order chi connectivity index (χ0) is 11.5. The van der Waals surface area contributed by atoms with Gasteiger partial charge in [0, 0.05) is 10.4 Å². The number of hydrogen-bond acceptors (Lipinski definition) is 2. The normalized spacial score (nSPS) is 10.9. The third-order valence-corrected chi connectivity index (χ3v) is 2.03. The van der Waals surface area contributed by atoms with E-state index in [4.69, 9.17) is 0 Å². The van der Waals surface area contributed by atoms with Gasteiger partial charge in [0.1, 0.15) is 0 Å². The molecule has 0 bridgehead atoms. The number of hydrogen-bond donors (Lipinski definition) is 3. The number of nitrogens with one attached hydrogen (secondary N) is 2. The summed E-state index contributed by atoms with van der Waals surface area (Å²) in [5.41, 5.74) is 0.470. The Balaban J connectivity index is 2.64. The van der Waals surface area contributed by atoms with Crippen LogP contribution in [0.3, 0.4) is 0 Å². The van der Waals surface area contributed by atoms with E-state index in [2.05, 4.69) is 23.3 Å². The summed E-state index contributed by atoms with van der Waals surface area (Å²) in [6.07, 6.45) is 0. The van der Waals surface area contributed by atoms with Crippen molar-refractivity contribution < 1.29 is 4.79 Å². The second-order valence-corrected chi connectivity index (χ2v) is 4.83. The van der Waals surface area contributed by atoms with E-state index in [9.17, 15) is 4.79 Å². The predicted octanol–water partition coefficient (Wildman–Crippen LogP) is 2.90. The Hall–Kier alpha value is -1.16. The summed E-state index contributed by atoms with van der Waals surface area (Å²) in [4.78, 5) is 12.3. The summed E-state index contributed by atoms with van der Waals surface area (Å²) in [5.74, 6) is 0. The molecule has 82 valence electrons. The smallest absolute Gasteiger partial charge is 0.319 e. The van der Waals surface area contributed by atoms with Crippen LogP contribution in [0.2, 0.25) is 0 Å². The number of carbonyl (C=O) groups is 1. The zero-order valence-electron chi connectivity index (χ0n) is 9.16. The molecule has 3 nitrogen and oxygen atoms in total. The molecule has 4 heteroatoms. The summed E-state index contributed by atoms with van der Waals surface area (Å²) in [7, 11) is 0. The standard InChI is InChI=1S/C11H16N2OS/c1-11(2,3)13-10(14)12-8-6-4-5-7-9(8)15/h4-7,15H,1-3H3,(H2,12,13,14). The molecule has 1 rings (SSSR count). The van der Waals surface area contributed by atoms with Crippen LogP contribution in [-0.2, 0) is 0 Å². The summed E-state index contributed by atoms with van der Waals surface area (Å²) in [6, 6.07) is 7.14. The Kier molecular flexibility index (Phi) is 3.63. The molecule has 0 aliphatic heterocycles. The van der Waals surface area contributed by atoms with E-state index in [-0.39, 0.29) is 11.6 Å².